The van der Waals surface area contributed by atoms with Crippen LogP contribution >= 0.6 is 0 Å². The van der Waals surface area contributed by atoms with Crippen LogP contribution in [-0.4, -0.2) is 15.0 Å². The second kappa shape index (κ2) is 15.2. The van der Waals surface area contributed by atoms with Crippen molar-refractivity contribution in [3.63, 3.8) is 0 Å². The highest BCUT2D eigenvalue weighted by Gasteiger charge is 2.30. The molecule has 2 aliphatic carbocycles. The third-order valence-electron chi connectivity index (χ3n) is 14.4. The molecule has 56 heavy (non-hydrogen) atoms. The standard InChI is InChI=1S/2C21H26.C11H11N3/c2*1-10-12(3)16(7)20-18(14(10)5)9-19-15(6)11(2)13(4)17(8)21(19)20;1-8-12-9(2)14-11(13-8)10-6-4-3-5-7-10/h2*9H2,1-8H3;3-7H,1-2H3. The molecule has 0 aliphatic heterocycles. The molecule has 0 fully saturated rings. The normalized spacial score (nSPS) is 12.0. The van der Waals surface area contributed by atoms with Crippen molar-refractivity contribution in [2.45, 2.75) is 137 Å². The fraction of sp³-hybridized carbons (Fsp3) is 0.377. The highest BCUT2D eigenvalue weighted by atomic mass is 15.0. The van der Waals surface area contributed by atoms with Gasteiger partial charge in [-0.25, -0.2) is 15.0 Å². The molecule has 1 heterocycles. The first-order chi connectivity index (χ1) is 26.3. The molecule has 0 N–H and O–H groups in total. The predicted octanol–water partition coefficient (Wildman–Crippen LogP) is 13.6. The predicted molar refractivity (Wildman–Crippen MR) is 240 cm³/mol. The third kappa shape index (κ3) is 6.61. The molecule has 0 atom stereocenters. The molecule has 3 heteroatoms. The van der Waals surface area contributed by atoms with Crippen LogP contribution in [0.3, 0.4) is 0 Å². The first-order valence-corrected chi connectivity index (χ1v) is 20.4. The lowest BCUT2D eigenvalue weighted by Gasteiger charge is -2.19. The van der Waals surface area contributed by atoms with Crippen LogP contribution in [0.4, 0.5) is 0 Å². The van der Waals surface area contributed by atoms with E-state index in [0.717, 1.165) is 35.9 Å². The average Bonchev–Trinajstić information content (AvgIpc) is 3.79. The molecule has 1 aromatic heterocycles. The van der Waals surface area contributed by atoms with Gasteiger partial charge in [0.15, 0.2) is 5.82 Å². The summed E-state index contributed by atoms with van der Waals surface area (Å²) in [6.07, 6.45) is 2.23. The van der Waals surface area contributed by atoms with Crippen LogP contribution in [0, 0.1) is 125 Å². The van der Waals surface area contributed by atoms with Crippen molar-refractivity contribution in [2.24, 2.45) is 0 Å². The number of benzene rings is 5. The second-order valence-electron chi connectivity index (χ2n) is 16.9. The Balaban J connectivity index is 0.000000146. The van der Waals surface area contributed by atoms with E-state index in [1.165, 1.54) is 111 Å². The van der Waals surface area contributed by atoms with Gasteiger partial charge in [0.2, 0.25) is 0 Å². The maximum atomic E-state index is 4.28. The van der Waals surface area contributed by atoms with E-state index < -0.39 is 0 Å². The second-order valence-corrected chi connectivity index (χ2v) is 16.9. The fourth-order valence-electron chi connectivity index (χ4n) is 9.48. The lowest BCUT2D eigenvalue weighted by atomic mass is 9.86. The summed E-state index contributed by atoms with van der Waals surface area (Å²) in [7, 11) is 0. The van der Waals surface area contributed by atoms with E-state index >= 15 is 0 Å². The SMILES string of the molecule is Cc1c(C)c(C)c2c(c1C)Cc1c(C)c(C)c(C)c(C)c1-2.Cc1c(C)c(C)c2c(c1C)Cc1c(C)c(C)c(C)c(C)c1-2.Cc1nc(C)nc(-c2ccccc2)n1. The van der Waals surface area contributed by atoms with Crippen molar-refractivity contribution >= 4 is 0 Å². The summed E-state index contributed by atoms with van der Waals surface area (Å²) in [6, 6.07) is 9.92. The van der Waals surface area contributed by atoms with Gasteiger partial charge in [-0.1, -0.05) is 30.3 Å². The maximum Gasteiger partial charge on any atom is 0.163 e. The highest BCUT2D eigenvalue weighted by Crippen LogP contribution is 2.49. The zero-order valence-electron chi connectivity index (χ0n) is 37.6. The molecule has 290 valence electrons. The molecule has 0 radical (unpaired) electrons. The van der Waals surface area contributed by atoms with Gasteiger partial charge in [0, 0.05) is 5.56 Å². The van der Waals surface area contributed by atoms with Crippen molar-refractivity contribution in [3.8, 4) is 33.6 Å². The van der Waals surface area contributed by atoms with Gasteiger partial charge in [-0.15, -0.1) is 0 Å². The monoisotopic (exact) mass is 742 g/mol. The Kier molecular flexibility index (Phi) is 11.1. The molecule has 0 unspecified atom stereocenters. The zero-order chi connectivity index (χ0) is 41.2. The minimum Gasteiger partial charge on any atom is -0.219 e. The van der Waals surface area contributed by atoms with E-state index in [0.29, 0.717) is 0 Å². The Labute approximate surface area is 338 Å². The number of fused-ring (bicyclic) bond motifs is 6. The first kappa shape index (κ1) is 40.8. The zero-order valence-corrected chi connectivity index (χ0v) is 37.6. The molecule has 5 aromatic carbocycles. The van der Waals surface area contributed by atoms with Gasteiger partial charge < -0.3 is 0 Å². The van der Waals surface area contributed by atoms with E-state index in [9.17, 15) is 0 Å². The topological polar surface area (TPSA) is 38.7 Å². The van der Waals surface area contributed by atoms with E-state index in [1.807, 2.05) is 44.2 Å². The van der Waals surface area contributed by atoms with Crippen LogP contribution in [0.2, 0.25) is 0 Å². The van der Waals surface area contributed by atoms with Crippen molar-refractivity contribution < 1.29 is 0 Å². The summed E-state index contributed by atoms with van der Waals surface area (Å²) in [4.78, 5) is 12.7. The van der Waals surface area contributed by atoms with Crippen molar-refractivity contribution in [1.82, 2.24) is 15.0 Å². The molecule has 0 saturated carbocycles. The summed E-state index contributed by atoms with van der Waals surface area (Å²) in [5.41, 5.74) is 37.2. The number of nitrogens with zero attached hydrogens (tertiary/aromatic N) is 3. The molecule has 2 aliphatic rings. The molecule has 0 spiro atoms. The fourth-order valence-corrected chi connectivity index (χ4v) is 9.48. The molecule has 0 amide bonds. The highest BCUT2D eigenvalue weighted by molar-refractivity contribution is 5.88. The number of aromatic nitrogens is 3. The number of hydrogen-bond acceptors (Lipinski definition) is 3. The van der Waals surface area contributed by atoms with Gasteiger partial charge in [0.1, 0.15) is 11.6 Å². The summed E-state index contributed by atoms with van der Waals surface area (Å²) in [5.74, 6) is 2.27. The van der Waals surface area contributed by atoms with Crippen LogP contribution in [-0.2, 0) is 12.8 Å². The molecule has 0 saturated heterocycles. The average molecular weight is 742 g/mol. The summed E-state index contributed by atoms with van der Waals surface area (Å²) >= 11 is 0. The van der Waals surface area contributed by atoms with E-state index in [4.69, 9.17) is 0 Å². The Morgan fingerprint density at radius 2 is 0.536 bits per heavy atom. The molecule has 6 aromatic rings. The minimum absolute atomic E-state index is 0.746. The van der Waals surface area contributed by atoms with E-state index in [2.05, 4.69) is 126 Å². The van der Waals surface area contributed by atoms with Crippen LogP contribution in [0.25, 0.3) is 33.6 Å². The summed E-state index contributed by atoms with van der Waals surface area (Å²) in [5, 5.41) is 0. The van der Waals surface area contributed by atoms with Crippen molar-refractivity contribution in [3.05, 3.63) is 153 Å². The number of rotatable bonds is 1. The maximum absolute atomic E-state index is 4.28. The number of aryl methyl sites for hydroxylation is 2. The Morgan fingerprint density at radius 3 is 0.804 bits per heavy atom. The van der Waals surface area contributed by atoms with Crippen LogP contribution in [0.1, 0.15) is 123 Å². The summed E-state index contributed by atoms with van der Waals surface area (Å²) < 4.78 is 0. The molecule has 3 nitrogen and oxygen atoms in total. The smallest absolute Gasteiger partial charge is 0.163 e. The van der Waals surface area contributed by atoms with Gasteiger partial charge in [-0.3, -0.25) is 0 Å². The van der Waals surface area contributed by atoms with Gasteiger partial charge in [0.05, 0.1) is 0 Å². The Hall–Kier alpha value is -4.89. The molecular formula is C53H63N3. The number of hydrogen-bond donors (Lipinski definition) is 0. The van der Waals surface area contributed by atoms with Crippen LogP contribution in [0.15, 0.2) is 30.3 Å². The summed E-state index contributed by atoms with van der Waals surface area (Å²) in [6.45, 7) is 40.4. The lowest BCUT2D eigenvalue weighted by Crippen LogP contribution is -1.99. The van der Waals surface area contributed by atoms with Gasteiger partial charge in [-0.05, 0) is 271 Å². The van der Waals surface area contributed by atoms with Crippen molar-refractivity contribution in [1.29, 1.82) is 0 Å². The van der Waals surface area contributed by atoms with E-state index in [-0.39, 0.29) is 0 Å². The van der Waals surface area contributed by atoms with Gasteiger partial charge >= 0.3 is 0 Å². The quantitative estimate of drug-likeness (QED) is 0.168. The van der Waals surface area contributed by atoms with Gasteiger partial charge in [-0.2, -0.15) is 0 Å². The Bertz CT molecular complexity index is 2290. The Morgan fingerprint density at radius 1 is 0.286 bits per heavy atom. The van der Waals surface area contributed by atoms with Crippen LogP contribution < -0.4 is 0 Å². The molecule has 8 rings (SSSR count). The van der Waals surface area contributed by atoms with E-state index in [1.54, 1.807) is 22.3 Å². The molecular weight excluding hydrogens is 679 g/mol. The lowest BCUT2D eigenvalue weighted by molar-refractivity contribution is 0.928. The van der Waals surface area contributed by atoms with Crippen molar-refractivity contribution in [2.75, 3.05) is 0 Å². The molecule has 0 bridgehead atoms. The minimum atomic E-state index is 0.746. The van der Waals surface area contributed by atoms with Gasteiger partial charge in [0.25, 0.3) is 0 Å². The largest absolute Gasteiger partial charge is 0.219 e. The van der Waals surface area contributed by atoms with Crippen LogP contribution in [0.5, 0.6) is 0 Å². The third-order valence-corrected chi connectivity index (χ3v) is 14.4. The first-order valence-electron chi connectivity index (χ1n) is 20.4.